The molecule has 0 bridgehead atoms. The zero-order valence-corrected chi connectivity index (χ0v) is 16.3. The number of nitro benzene ring substituents is 1. The molecule has 1 aromatic heterocycles. The Labute approximate surface area is 168 Å². The van der Waals surface area contributed by atoms with Crippen molar-refractivity contribution in [1.82, 2.24) is 14.7 Å². The lowest BCUT2D eigenvalue weighted by atomic mass is 9.96. The van der Waals surface area contributed by atoms with Crippen LogP contribution in [0.3, 0.4) is 0 Å². The van der Waals surface area contributed by atoms with Crippen LogP contribution in [-0.4, -0.2) is 51.9 Å². The average Bonchev–Trinajstić information content (AvgIpc) is 3.25. The largest absolute Gasteiger partial charge is 0.459 e. The SMILES string of the molecule is C[C@]1(Cn2cccn2)[C@H](C(=O)OCc2ccc([N+](=O)[O-])cc2)N2C(=O)C[C@@H]2S1=O. The van der Waals surface area contributed by atoms with Crippen molar-refractivity contribution >= 4 is 28.4 Å². The fourth-order valence-electron chi connectivity index (χ4n) is 3.78. The molecule has 29 heavy (non-hydrogen) atoms. The van der Waals surface area contributed by atoms with Gasteiger partial charge < -0.3 is 9.64 Å². The lowest BCUT2D eigenvalue weighted by Gasteiger charge is -2.37. The van der Waals surface area contributed by atoms with Gasteiger partial charge in [0.1, 0.15) is 18.0 Å². The topological polar surface area (TPSA) is 125 Å². The number of aromatic nitrogens is 2. The standard InChI is InChI=1S/C18H18N4O6S/c1-18(11-20-8-2-7-19-20)16(21-14(23)9-15(21)29(18)27)17(24)28-10-12-3-5-13(6-4-12)22(25)26/h2-8,15-16H,9-11H2,1H3/t15-,16-,18-,29?/m0/s1. The summed E-state index contributed by atoms with van der Waals surface area (Å²) in [6.45, 7) is 1.79. The van der Waals surface area contributed by atoms with Gasteiger partial charge in [-0.1, -0.05) is 0 Å². The highest BCUT2D eigenvalue weighted by Crippen LogP contribution is 2.44. The molecular weight excluding hydrogens is 400 g/mol. The Bertz CT molecular complexity index is 992. The van der Waals surface area contributed by atoms with Gasteiger partial charge in [0.25, 0.3) is 5.69 Å². The second kappa shape index (κ2) is 7.07. The molecule has 2 aliphatic rings. The highest BCUT2D eigenvalue weighted by Gasteiger charge is 2.65. The molecule has 0 aliphatic carbocycles. The molecule has 4 atom stereocenters. The summed E-state index contributed by atoms with van der Waals surface area (Å²) in [7, 11) is -1.46. The third-order valence-electron chi connectivity index (χ3n) is 5.30. The van der Waals surface area contributed by atoms with E-state index >= 15 is 0 Å². The minimum Gasteiger partial charge on any atom is -0.459 e. The van der Waals surface area contributed by atoms with Gasteiger partial charge in [0.05, 0.1) is 33.4 Å². The number of fused-ring (bicyclic) bond motifs is 1. The molecule has 0 spiro atoms. The molecule has 3 heterocycles. The van der Waals surface area contributed by atoms with Gasteiger partial charge in [0.15, 0.2) is 0 Å². The Morgan fingerprint density at radius 3 is 2.72 bits per heavy atom. The first-order valence-corrected chi connectivity index (χ1v) is 10.1. The molecule has 11 heteroatoms. The Balaban J connectivity index is 1.53. The van der Waals surface area contributed by atoms with Gasteiger partial charge >= 0.3 is 5.97 Å². The van der Waals surface area contributed by atoms with Crippen LogP contribution in [0.15, 0.2) is 42.7 Å². The van der Waals surface area contributed by atoms with E-state index in [2.05, 4.69) is 5.10 Å². The summed E-state index contributed by atoms with van der Waals surface area (Å²) in [5.41, 5.74) is 0.510. The molecule has 1 amide bonds. The summed E-state index contributed by atoms with van der Waals surface area (Å²) in [5, 5.41) is 14.4. The molecule has 0 N–H and O–H groups in total. The van der Waals surface area contributed by atoms with Crippen molar-refractivity contribution in [3.63, 3.8) is 0 Å². The first kappa shape index (κ1) is 19.2. The van der Waals surface area contributed by atoms with Crippen LogP contribution >= 0.6 is 0 Å². The van der Waals surface area contributed by atoms with Crippen molar-refractivity contribution in [3.8, 4) is 0 Å². The van der Waals surface area contributed by atoms with E-state index < -0.39 is 37.9 Å². The number of nitrogens with zero attached hydrogens (tertiary/aromatic N) is 4. The Morgan fingerprint density at radius 1 is 1.41 bits per heavy atom. The molecular formula is C18H18N4O6S. The lowest BCUT2D eigenvalue weighted by Crippen LogP contribution is -2.58. The summed E-state index contributed by atoms with van der Waals surface area (Å²) >= 11 is 0. The van der Waals surface area contributed by atoms with E-state index in [-0.39, 0.29) is 31.2 Å². The monoisotopic (exact) mass is 418 g/mol. The van der Waals surface area contributed by atoms with E-state index in [1.165, 1.54) is 29.2 Å². The van der Waals surface area contributed by atoms with Crippen LogP contribution in [0.5, 0.6) is 0 Å². The minimum atomic E-state index is -1.46. The van der Waals surface area contributed by atoms with Gasteiger partial charge in [-0.25, -0.2) is 4.79 Å². The number of non-ortho nitro benzene ring substituents is 1. The predicted octanol–water partition coefficient (Wildman–Crippen LogP) is 0.983. The van der Waals surface area contributed by atoms with E-state index in [1.54, 1.807) is 30.1 Å². The van der Waals surface area contributed by atoms with Gasteiger partial charge in [-0.3, -0.25) is 23.8 Å². The highest BCUT2D eigenvalue weighted by atomic mass is 32.2. The number of rotatable bonds is 6. The van der Waals surface area contributed by atoms with Crippen LogP contribution in [0.25, 0.3) is 0 Å². The fraction of sp³-hybridized carbons (Fsp3) is 0.389. The van der Waals surface area contributed by atoms with Crippen LogP contribution in [0.4, 0.5) is 5.69 Å². The Hall–Kier alpha value is -3.08. The summed E-state index contributed by atoms with van der Waals surface area (Å²) in [5.74, 6) is -0.883. The number of nitro groups is 1. The number of amides is 1. The van der Waals surface area contributed by atoms with Crippen LogP contribution in [0.2, 0.25) is 0 Å². The predicted molar refractivity (Wildman–Crippen MR) is 101 cm³/mol. The molecule has 1 unspecified atom stereocenters. The first-order chi connectivity index (χ1) is 13.8. The van der Waals surface area contributed by atoms with Crippen molar-refractivity contribution in [1.29, 1.82) is 0 Å². The first-order valence-electron chi connectivity index (χ1n) is 8.90. The van der Waals surface area contributed by atoms with Crippen molar-refractivity contribution in [3.05, 3.63) is 58.4 Å². The molecule has 0 radical (unpaired) electrons. The summed E-state index contributed by atoms with van der Waals surface area (Å²) in [4.78, 5) is 36.6. The molecule has 2 aliphatic heterocycles. The smallest absolute Gasteiger partial charge is 0.330 e. The normalized spacial score (nSPS) is 28.0. The molecule has 0 saturated carbocycles. The molecule has 2 saturated heterocycles. The number of benzene rings is 1. The number of esters is 1. The number of carbonyl (C=O) groups is 2. The molecule has 152 valence electrons. The molecule has 10 nitrogen and oxygen atoms in total. The summed E-state index contributed by atoms with van der Waals surface area (Å²) in [6, 6.07) is 6.38. The molecule has 4 rings (SSSR count). The maximum absolute atomic E-state index is 13.1. The van der Waals surface area contributed by atoms with Crippen LogP contribution < -0.4 is 0 Å². The number of β-lactam (4-membered cyclic amide) rings is 1. The quantitative estimate of drug-likeness (QED) is 0.296. The van der Waals surface area contributed by atoms with Gasteiger partial charge in [0, 0.05) is 24.5 Å². The van der Waals surface area contributed by atoms with Crippen LogP contribution in [0.1, 0.15) is 18.9 Å². The van der Waals surface area contributed by atoms with Crippen molar-refractivity contribution in [2.24, 2.45) is 0 Å². The second-order valence-electron chi connectivity index (χ2n) is 7.21. The van der Waals surface area contributed by atoms with E-state index in [4.69, 9.17) is 4.74 Å². The highest BCUT2D eigenvalue weighted by molar-refractivity contribution is 7.87. The van der Waals surface area contributed by atoms with Crippen molar-refractivity contribution < 1.29 is 23.5 Å². The molecule has 2 aromatic rings. The Kier molecular flexibility index (Phi) is 4.69. The number of hydrogen-bond donors (Lipinski definition) is 0. The molecule has 1 aromatic carbocycles. The minimum absolute atomic E-state index is 0.0629. The van der Waals surface area contributed by atoms with Crippen molar-refractivity contribution in [2.75, 3.05) is 0 Å². The van der Waals surface area contributed by atoms with E-state index in [0.29, 0.717) is 5.56 Å². The van der Waals surface area contributed by atoms with Crippen LogP contribution in [-0.2, 0) is 38.3 Å². The lowest BCUT2D eigenvalue weighted by molar-refractivity contribution is -0.384. The molecule has 2 fully saturated rings. The third kappa shape index (κ3) is 3.20. The maximum atomic E-state index is 13.1. The van der Waals surface area contributed by atoms with Gasteiger partial charge in [-0.2, -0.15) is 5.10 Å². The van der Waals surface area contributed by atoms with Crippen molar-refractivity contribution in [2.45, 2.75) is 42.7 Å². The van der Waals surface area contributed by atoms with E-state index in [0.717, 1.165) is 0 Å². The van der Waals surface area contributed by atoms with E-state index in [9.17, 15) is 23.9 Å². The number of ether oxygens (including phenoxy) is 1. The fourth-order valence-corrected chi connectivity index (χ4v) is 5.83. The zero-order valence-electron chi connectivity index (χ0n) is 15.5. The number of hydrogen-bond acceptors (Lipinski definition) is 7. The second-order valence-corrected chi connectivity index (χ2v) is 9.28. The maximum Gasteiger partial charge on any atom is 0.330 e. The van der Waals surface area contributed by atoms with Gasteiger partial charge in [-0.05, 0) is 30.7 Å². The average molecular weight is 418 g/mol. The van der Waals surface area contributed by atoms with Gasteiger partial charge in [-0.15, -0.1) is 0 Å². The number of carbonyl (C=O) groups excluding carboxylic acids is 2. The van der Waals surface area contributed by atoms with Crippen LogP contribution in [0, 0.1) is 10.1 Å². The summed E-state index contributed by atoms with van der Waals surface area (Å²) in [6.07, 6.45) is 3.44. The third-order valence-corrected chi connectivity index (χ3v) is 7.46. The summed E-state index contributed by atoms with van der Waals surface area (Å²) < 4.78 is 19.0. The zero-order chi connectivity index (χ0) is 20.8. The van der Waals surface area contributed by atoms with Gasteiger partial charge in [0.2, 0.25) is 5.91 Å². The van der Waals surface area contributed by atoms with E-state index in [1.807, 2.05) is 0 Å². The Morgan fingerprint density at radius 2 is 2.14 bits per heavy atom.